The summed E-state index contributed by atoms with van der Waals surface area (Å²) in [6, 6.07) is 0. The number of ether oxygens (including phenoxy) is 2. The minimum atomic E-state index is 0.428. The molecule has 1 rings (SSSR count). The van der Waals surface area contributed by atoms with Gasteiger partial charge in [-0.1, -0.05) is 5.21 Å². The van der Waals surface area contributed by atoms with Crippen LogP contribution >= 0.6 is 0 Å². The maximum absolute atomic E-state index is 5.64. The predicted molar refractivity (Wildman–Crippen MR) is 64.6 cm³/mol. The number of rotatable bonds is 9. The molecule has 0 saturated heterocycles. The third kappa shape index (κ3) is 4.41. The zero-order chi connectivity index (χ0) is 12.5. The van der Waals surface area contributed by atoms with Crippen molar-refractivity contribution in [2.75, 3.05) is 27.4 Å². The first-order chi connectivity index (χ1) is 8.33. The smallest absolute Gasteiger partial charge is 0.0995 e. The normalized spacial score (nSPS) is 11.0. The van der Waals surface area contributed by atoms with Gasteiger partial charge in [0.15, 0.2) is 0 Å². The van der Waals surface area contributed by atoms with Gasteiger partial charge < -0.3 is 15.2 Å². The molecule has 0 aliphatic rings. The minimum absolute atomic E-state index is 0.428. The summed E-state index contributed by atoms with van der Waals surface area (Å²) in [4.78, 5) is 0. The third-order valence-corrected chi connectivity index (χ3v) is 2.62. The van der Waals surface area contributed by atoms with Gasteiger partial charge in [0.2, 0.25) is 0 Å². The molecule has 0 fully saturated rings. The van der Waals surface area contributed by atoms with E-state index in [1.165, 1.54) is 0 Å². The van der Waals surface area contributed by atoms with Gasteiger partial charge >= 0.3 is 0 Å². The van der Waals surface area contributed by atoms with Crippen LogP contribution in [0, 0.1) is 0 Å². The van der Waals surface area contributed by atoms with Crippen LogP contribution in [0.15, 0.2) is 0 Å². The largest absolute Gasteiger partial charge is 0.385 e. The first-order valence-corrected chi connectivity index (χ1v) is 5.92. The van der Waals surface area contributed by atoms with Crippen molar-refractivity contribution in [1.29, 1.82) is 0 Å². The number of unbranched alkanes of at least 4 members (excludes halogenated alkanes) is 1. The first kappa shape index (κ1) is 14.1. The molecule has 0 unspecified atom stereocenters. The van der Waals surface area contributed by atoms with Crippen LogP contribution in [0.2, 0.25) is 0 Å². The van der Waals surface area contributed by atoms with Crippen LogP contribution in [0.1, 0.15) is 24.2 Å². The molecule has 17 heavy (non-hydrogen) atoms. The van der Waals surface area contributed by atoms with Crippen LogP contribution in [0.5, 0.6) is 0 Å². The van der Waals surface area contributed by atoms with Gasteiger partial charge in [-0.2, -0.15) is 0 Å². The van der Waals surface area contributed by atoms with Gasteiger partial charge in [0.25, 0.3) is 0 Å². The monoisotopic (exact) mass is 242 g/mol. The predicted octanol–water partition coefficient (Wildman–Crippen LogP) is 0.352. The molecule has 0 aliphatic heterocycles. The minimum Gasteiger partial charge on any atom is -0.385 e. The fourth-order valence-electron chi connectivity index (χ4n) is 1.69. The highest BCUT2D eigenvalue weighted by atomic mass is 16.5. The fourth-order valence-corrected chi connectivity index (χ4v) is 1.69. The first-order valence-electron chi connectivity index (χ1n) is 5.92. The molecule has 0 amide bonds. The molecule has 1 aromatic heterocycles. The zero-order valence-electron chi connectivity index (χ0n) is 10.7. The van der Waals surface area contributed by atoms with Crippen LogP contribution < -0.4 is 5.73 Å². The van der Waals surface area contributed by atoms with Gasteiger partial charge in [0.1, 0.15) is 0 Å². The van der Waals surface area contributed by atoms with E-state index in [9.17, 15) is 0 Å². The van der Waals surface area contributed by atoms with Gasteiger partial charge in [-0.25, -0.2) is 4.68 Å². The molecule has 0 aliphatic carbocycles. The maximum Gasteiger partial charge on any atom is 0.0995 e. The molecule has 6 nitrogen and oxygen atoms in total. The topological polar surface area (TPSA) is 75.2 Å². The number of nitrogens with zero attached hydrogens (tertiary/aromatic N) is 3. The van der Waals surface area contributed by atoms with E-state index in [2.05, 4.69) is 10.3 Å². The Bertz CT molecular complexity index is 314. The zero-order valence-corrected chi connectivity index (χ0v) is 10.7. The van der Waals surface area contributed by atoms with Gasteiger partial charge in [0.05, 0.1) is 18.0 Å². The van der Waals surface area contributed by atoms with Gasteiger partial charge in [-0.05, 0) is 12.8 Å². The van der Waals surface area contributed by atoms with Crippen molar-refractivity contribution >= 4 is 0 Å². The van der Waals surface area contributed by atoms with E-state index >= 15 is 0 Å². The lowest BCUT2D eigenvalue weighted by Gasteiger charge is -2.07. The molecule has 2 N–H and O–H groups in total. The highest BCUT2D eigenvalue weighted by molar-refractivity contribution is 5.10. The van der Waals surface area contributed by atoms with Crippen molar-refractivity contribution in [1.82, 2.24) is 15.0 Å². The van der Waals surface area contributed by atoms with Gasteiger partial charge in [-0.3, -0.25) is 0 Å². The summed E-state index contributed by atoms with van der Waals surface area (Å²) in [5, 5.41) is 8.22. The Kier molecular flexibility index (Phi) is 6.76. The Morgan fingerprint density at radius 1 is 1.18 bits per heavy atom. The lowest BCUT2D eigenvalue weighted by Crippen LogP contribution is -2.11. The second-order valence-corrected chi connectivity index (χ2v) is 3.85. The summed E-state index contributed by atoms with van der Waals surface area (Å²) in [7, 11) is 3.40. The van der Waals surface area contributed by atoms with E-state index in [1.54, 1.807) is 14.2 Å². The second-order valence-electron chi connectivity index (χ2n) is 3.85. The van der Waals surface area contributed by atoms with Crippen molar-refractivity contribution < 1.29 is 9.47 Å². The molecule has 0 bridgehead atoms. The number of aryl methyl sites for hydroxylation is 1. The number of hydrogen-bond acceptors (Lipinski definition) is 5. The van der Waals surface area contributed by atoms with E-state index in [-0.39, 0.29) is 0 Å². The number of nitrogens with two attached hydrogens (primary N) is 1. The molecule has 6 heteroatoms. The molecule has 1 heterocycles. The highest BCUT2D eigenvalue weighted by Gasteiger charge is 2.10. The molecule has 0 atom stereocenters. The van der Waals surface area contributed by atoms with E-state index < -0.39 is 0 Å². The van der Waals surface area contributed by atoms with Crippen molar-refractivity contribution in [2.24, 2.45) is 5.73 Å². The van der Waals surface area contributed by atoms with Crippen LogP contribution in [-0.2, 0) is 29.0 Å². The Morgan fingerprint density at radius 2 is 1.94 bits per heavy atom. The van der Waals surface area contributed by atoms with E-state index in [1.807, 2.05) is 4.68 Å². The number of methoxy groups -OCH3 is 2. The van der Waals surface area contributed by atoms with E-state index in [0.29, 0.717) is 13.2 Å². The number of hydrogen-bond donors (Lipinski definition) is 1. The maximum atomic E-state index is 5.64. The molecule has 1 aromatic rings. The molecular weight excluding hydrogens is 220 g/mol. The summed E-state index contributed by atoms with van der Waals surface area (Å²) in [5.74, 6) is 0. The molecule has 0 aromatic carbocycles. The van der Waals surface area contributed by atoms with Gasteiger partial charge in [0, 0.05) is 40.3 Å². The van der Waals surface area contributed by atoms with Crippen LogP contribution in [0.3, 0.4) is 0 Å². The average molecular weight is 242 g/mol. The van der Waals surface area contributed by atoms with Crippen LogP contribution in [-0.4, -0.2) is 42.4 Å². The average Bonchev–Trinajstić information content (AvgIpc) is 2.74. The molecule has 0 spiro atoms. The van der Waals surface area contributed by atoms with E-state index in [4.69, 9.17) is 15.2 Å². The molecule has 0 saturated carbocycles. The van der Waals surface area contributed by atoms with Gasteiger partial charge in [-0.15, -0.1) is 5.10 Å². The summed E-state index contributed by atoms with van der Waals surface area (Å²) in [6.07, 6.45) is 2.86. The molecule has 98 valence electrons. The SMILES string of the molecule is COCCCCn1nnc(CN)c1CCOC. The quantitative estimate of drug-likeness (QED) is 0.632. The number of aromatic nitrogens is 3. The summed E-state index contributed by atoms with van der Waals surface area (Å²) < 4.78 is 12.0. The molecule has 0 radical (unpaired) electrons. The Balaban J connectivity index is 2.53. The van der Waals surface area contributed by atoms with Crippen molar-refractivity contribution in [3.05, 3.63) is 11.4 Å². The lowest BCUT2D eigenvalue weighted by atomic mass is 10.2. The lowest BCUT2D eigenvalue weighted by molar-refractivity contribution is 0.189. The third-order valence-electron chi connectivity index (χ3n) is 2.62. The highest BCUT2D eigenvalue weighted by Crippen LogP contribution is 2.07. The Hall–Kier alpha value is -0.980. The van der Waals surface area contributed by atoms with Crippen molar-refractivity contribution in [3.8, 4) is 0 Å². The summed E-state index contributed by atoms with van der Waals surface area (Å²) >= 11 is 0. The second kappa shape index (κ2) is 8.16. The Labute approximate surface area is 102 Å². The van der Waals surface area contributed by atoms with Crippen LogP contribution in [0.4, 0.5) is 0 Å². The molecular formula is C11H22N4O2. The fraction of sp³-hybridized carbons (Fsp3) is 0.818. The van der Waals surface area contributed by atoms with E-state index in [0.717, 1.165) is 43.8 Å². The van der Waals surface area contributed by atoms with Crippen LogP contribution in [0.25, 0.3) is 0 Å². The van der Waals surface area contributed by atoms with Crippen molar-refractivity contribution in [3.63, 3.8) is 0 Å². The summed E-state index contributed by atoms with van der Waals surface area (Å²) in [6.45, 7) is 2.73. The standard InChI is InChI=1S/C11H22N4O2/c1-16-7-4-3-6-15-11(5-8-17-2)10(9-12)13-14-15/h3-9,12H2,1-2H3. The Morgan fingerprint density at radius 3 is 2.59 bits per heavy atom. The van der Waals surface area contributed by atoms with Crippen molar-refractivity contribution in [2.45, 2.75) is 32.4 Å². The summed E-state index contributed by atoms with van der Waals surface area (Å²) in [5.41, 5.74) is 7.59.